The van der Waals surface area contributed by atoms with Crippen LogP contribution in [0.4, 0.5) is 0 Å². The highest BCUT2D eigenvalue weighted by atomic mass is 16.5. The average molecular weight is 269 g/mol. The van der Waals surface area contributed by atoms with Crippen LogP contribution in [0.3, 0.4) is 0 Å². The second-order valence-electron chi connectivity index (χ2n) is 5.81. The first-order valence-corrected chi connectivity index (χ1v) is 8.11. The summed E-state index contributed by atoms with van der Waals surface area (Å²) >= 11 is 0. The molecular weight excluding hydrogens is 238 g/mol. The van der Waals surface area contributed by atoms with E-state index in [4.69, 9.17) is 4.74 Å². The third-order valence-electron chi connectivity index (χ3n) is 4.15. The minimum atomic E-state index is -0.307. The van der Waals surface area contributed by atoms with E-state index in [1.165, 1.54) is 32.1 Å². The predicted octanol–water partition coefficient (Wildman–Crippen LogP) is 3.67. The van der Waals surface area contributed by atoms with Gasteiger partial charge in [-0.1, -0.05) is 39.5 Å². The normalized spacial score (nSPS) is 24.4. The molecule has 0 radical (unpaired) electrons. The molecule has 0 saturated heterocycles. The first kappa shape index (κ1) is 16.5. The number of ether oxygens (including phenoxy) is 1. The second kappa shape index (κ2) is 9.35. The maximum absolute atomic E-state index is 12.1. The number of carbonyl (C=O) groups excluding carboxylic acids is 1. The van der Waals surface area contributed by atoms with Crippen LogP contribution in [-0.2, 0) is 9.53 Å². The maximum atomic E-state index is 12.1. The Morgan fingerprint density at radius 1 is 1.26 bits per heavy atom. The first-order valence-electron chi connectivity index (χ1n) is 8.11. The summed E-state index contributed by atoms with van der Waals surface area (Å²) < 4.78 is 5.56. The molecule has 3 heteroatoms. The molecule has 3 unspecified atom stereocenters. The Balaban J connectivity index is 2.29. The fourth-order valence-corrected chi connectivity index (χ4v) is 2.82. The summed E-state index contributed by atoms with van der Waals surface area (Å²) in [6.07, 6.45) is 9.28. The van der Waals surface area contributed by atoms with Crippen LogP contribution in [0.1, 0.15) is 72.1 Å². The first-order chi connectivity index (χ1) is 9.19. The Morgan fingerprint density at radius 3 is 2.68 bits per heavy atom. The molecule has 0 aliphatic heterocycles. The molecule has 0 aromatic heterocycles. The lowest BCUT2D eigenvalue weighted by Crippen LogP contribution is -2.43. The number of carbonyl (C=O) groups is 1. The Bertz CT molecular complexity index is 255. The molecule has 1 amide bonds. The average Bonchev–Trinajstić information content (AvgIpc) is 2.83. The molecule has 0 aromatic carbocycles. The highest BCUT2D eigenvalue weighted by molar-refractivity contribution is 5.80. The molecule has 3 nitrogen and oxygen atoms in total. The van der Waals surface area contributed by atoms with Gasteiger partial charge in [0.05, 0.1) is 0 Å². The summed E-state index contributed by atoms with van der Waals surface area (Å²) in [4.78, 5) is 12.1. The molecule has 0 heterocycles. The zero-order chi connectivity index (χ0) is 14.1. The summed E-state index contributed by atoms with van der Waals surface area (Å²) in [7, 11) is 0. The lowest BCUT2D eigenvalue weighted by molar-refractivity contribution is -0.132. The van der Waals surface area contributed by atoms with Gasteiger partial charge in [0, 0.05) is 12.6 Å². The quantitative estimate of drug-likeness (QED) is 0.649. The van der Waals surface area contributed by atoms with Gasteiger partial charge < -0.3 is 10.1 Å². The number of hydrogen-bond donors (Lipinski definition) is 1. The molecule has 1 fully saturated rings. The van der Waals surface area contributed by atoms with E-state index in [-0.39, 0.29) is 12.0 Å². The van der Waals surface area contributed by atoms with Gasteiger partial charge in [0.2, 0.25) is 5.91 Å². The molecule has 3 atom stereocenters. The minimum absolute atomic E-state index is 0.0736. The van der Waals surface area contributed by atoms with Gasteiger partial charge in [-0.05, 0) is 38.5 Å². The van der Waals surface area contributed by atoms with Crippen molar-refractivity contribution in [2.24, 2.45) is 5.92 Å². The van der Waals surface area contributed by atoms with E-state index in [0.717, 1.165) is 19.3 Å². The lowest BCUT2D eigenvalue weighted by Gasteiger charge is -2.23. The van der Waals surface area contributed by atoms with E-state index < -0.39 is 0 Å². The molecule has 0 bridgehead atoms. The fourth-order valence-electron chi connectivity index (χ4n) is 2.82. The molecule has 0 spiro atoms. The molecule has 1 N–H and O–H groups in total. The summed E-state index contributed by atoms with van der Waals surface area (Å²) in [6, 6.07) is 0.385. The van der Waals surface area contributed by atoms with E-state index in [1.54, 1.807) is 0 Å². The molecule has 1 aliphatic rings. The SMILES string of the molecule is CCCCOC(C)C(=O)NC1CCCC1CCCC. The van der Waals surface area contributed by atoms with E-state index in [0.29, 0.717) is 18.6 Å². The van der Waals surface area contributed by atoms with E-state index in [1.807, 2.05) is 6.92 Å². The minimum Gasteiger partial charge on any atom is -0.369 e. The summed E-state index contributed by atoms with van der Waals surface area (Å²) in [5.74, 6) is 0.760. The van der Waals surface area contributed by atoms with Gasteiger partial charge in [-0.15, -0.1) is 0 Å². The highest BCUT2D eigenvalue weighted by Gasteiger charge is 2.29. The van der Waals surface area contributed by atoms with Crippen LogP contribution in [0, 0.1) is 5.92 Å². The van der Waals surface area contributed by atoms with Gasteiger partial charge in [-0.25, -0.2) is 0 Å². The Labute approximate surface area is 118 Å². The number of nitrogens with one attached hydrogen (secondary N) is 1. The number of rotatable bonds is 9. The van der Waals surface area contributed by atoms with Crippen molar-refractivity contribution in [3.8, 4) is 0 Å². The van der Waals surface area contributed by atoms with E-state index in [9.17, 15) is 4.79 Å². The third-order valence-corrected chi connectivity index (χ3v) is 4.15. The van der Waals surface area contributed by atoms with Gasteiger partial charge in [0.15, 0.2) is 0 Å². The summed E-state index contributed by atoms with van der Waals surface area (Å²) in [5, 5.41) is 3.20. The number of unbranched alkanes of at least 4 members (excludes halogenated alkanes) is 2. The Hall–Kier alpha value is -0.570. The van der Waals surface area contributed by atoms with Gasteiger partial charge in [0.25, 0.3) is 0 Å². The lowest BCUT2D eigenvalue weighted by atomic mass is 9.96. The summed E-state index contributed by atoms with van der Waals surface area (Å²) in [5.41, 5.74) is 0. The zero-order valence-electron chi connectivity index (χ0n) is 12.9. The van der Waals surface area contributed by atoms with Gasteiger partial charge in [0.1, 0.15) is 6.10 Å². The Morgan fingerprint density at radius 2 is 2.00 bits per heavy atom. The standard InChI is InChI=1S/C16H31NO2/c1-4-6-9-14-10-8-11-15(14)17-16(18)13(3)19-12-7-5-2/h13-15H,4-12H2,1-3H3,(H,17,18). The third kappa shape index (κ3) is 5.94. The van der Waals surface area contributed by atoms with E-state index >= 15 is 0 Å². The molecule has 1 aliphatic carbocycles. The van der Waals surface area contributed by atoms with Crippen LogP contribution in [0.2, 0.25) is 0 Å². The summed E-state index contributed by atoms with van der Waals surface area (Å²) in [6.45, 7) is 6.91. The number of hydrogen-bond acceptors (Lipinski definition) is 2. The van der Waals surface area contributed by atoms with Gasteiger partial charge >= 0.3 is 0 Å². The second-order valence-corrected chi connectivity index (χ2v) is 5.81. The molecule has 112 valence electrons. The molecule has 1 saturated carbocycles. The van der Waals surface area contributed by atoms with Crippen LogP contribution in [0.25, 0.3) is 0 Å². The van der Waals surface area contributed by atoms with Crippen molar-refractivity contribution in [1.29, 1.82) is 0 Å². The van der Waals surface area contributed by atoms with Crippen LogP contribution in [0.15, 0.2) is 0 Å². The molecular formula is C16H31NO2. The van der Waals surface area contributed by atoms with Gasteiger partial charge in [-0.2, -0.15) is 0 Å². The van der Waals surface area contributed by atoms with Crippen LogP contribution in [0.5, 0.6) is 0 Å². The zero-order valence-corrected chi connectivity index (χ0v) is 12.9. The van der Waals surface area contributed by atoms with Crippen molar-refractivity contribution < 1.29 is 9.53 Å². The smallest absolute Gasteiger partial charge is 0.249 e. The maximum Gasteiger partial charge on any atom is 0.249 e. The number of amides is 1. The predicted molar refractivity (Wildman–Crippen MR) is 79.1 cm³/mol. The highest BCUT2D eigenvalue weighted by Crippen LogP contribution is 2.29. The van der Waals surface area contributed by atoms with E-state index in [2.05, 4.69) is 19.2 Å². The molecule has 0 aromatic rings. The van der Waals surface area contributed by atoms with Crippen molar-refractivity contribution >= 4 is 5.91 Å². The van der Waals surface area contributed by atoms with Crippen LogP contribution in [-0.4, -0.2) is 24.7 Å². The van der Waals surface area contributed by atoms with Crippen molar-refractivity contribution in [2.45, 2.75) is 84.3 Å². The fraction of sp³-hybridized carbons (Fsp3) is 0.938. The monoisotopic (exact) mass is 269 g/mol. The van der Waals surface area contributed by atoms with Crippen LogP contribution < -0.4 is 5.32 Å². The van der Waals surface area contributed by atoms with Crippen molar-refractivity contribution in [3.63, 3.8) is 0 Å². The topological polar surface area (TPSA) is 38.3 Å². The van der Waals surface area contributed by atoms with Gasteiger partial charge in [-0.3, -0.25) is 4.79 Å². The van der Waals surface area contributed by atoms with Crippen molar-refractivity contribution in [3.05, 3.63) is 0 Å². The molecule has 19 heavy (non-hydrogen) atoms. The Kier molecular flexibility index (Phi) is 8.11. The van der Waals surface area contributed by atoms with Crippen LogP contribution >= 0.6 is 0 Å². The largest absolute Gasteiger partial charge is 0.369 e. The van der Waals surface area contributed by atoms with Crippen molar-refractivity contribution in [2.75, 3.05) is 6.61 Å². The molecule has 1 rings (SSSR count). The van der Waals surface area contributed by atoms with Crippen molar-refractivity contribution in [1.82, 2.24) is 5.32 Å².